The lowest BCUT2D eigenvalue weighted by molar-refractivity contribution is 0.351. The Hall–Kier alpha value is -1.96. The van der Waals surface area contributed by atoms with Gasteiger partial charge in [0.2, 0.25) is 0 Å². The van der Waals surface area contributed by atoms with Crippen molar-refractivity contribution in [2.75, 3.05) is 6.61 Å². The topological polar surface area (TPSA) is 9.23 Å². The summed E-state index contributed by atoms with van der Waals surface area (Å²) in [7, 11) is 0. The van der Waals surface area contributed by atoms with Crippen LogP contribution in [0.25, 0.3) is 12.2 Å². The molecule has 1 nitrogen and oxygen atoms in total. The summed E-state index contributed by atoms with van der Waals surface area (Å²) < 4.78 is 5.70. The summed E-state index contributed by atoms with van der Waals surface area (Å²) in [5, 5.41) is 1.46. The first-order valence-electron chi connectivity index (χ1n) is 6.94. The second-order valence-electron chi connectivity index (χ2n) is 4.96. The molecule has 0 saturated heterocycles. The largest absolute Gasteiger partial charge is 0.488 e. The van der Waals surface area contributed by atoms with Crippen LogP contribution in [-0.4, -0.2) is 6.61 Å². The number of halogens is 2. The minimum Gasteiger partial charge on any atom is -0.488 e. The number of fused-ring (bicyclic) bond motifs is 1. The van der Waals surface area contributed by atoms with Crippen LogP contribution in [0.4, 0.5) is 0 Å². The summed E-state index contributed by atoms with van der Waals surface area (Å²) in [5.41, 5.74) is 3.23. The molecule has 0 aliphatic carbocycles. The summed E-state index contributed by atoms with van der Waals surface area (Å²) in [6.07, 6.45) is 10.2. The van der Waals surface area contributed by atoms with Crippen LogP contribution in [0.2, 0.25) is 10.0 Å². The Morgan fingerprint density at radius 1 is 0.864 bits per heavy atom. The normalized spacial score (nSPS) is 14.0. The fourth-order valence-electron chi connectivity index (χ4n) is 2.18. The maximum absolute atomic E-state index is 6.01. The molecule has 1 aliphatic rings. The third kappa shape index (κ3) is 3.82. The second kappa shape index (κ2) is 6.87. The molecule has 110 valence electrons. The van der Waals surface area contributed by atoms with Gasteiger partial charge in [0.05, 0.1) is 0 Å². The van der Waals surface area contributed by atoms with Crippen molar-refractivity contribution in [3.63, 3.8) is 0 Å². The monoisotopic (exact) mass is 328 g/mol. The first-order valence-corrected chi connectivity index (χ1v) is 7.69. The highest BCUT2D eigenvalue weighted by Crippen LogP contribution is 2.29. The first kappa shape index (κ1) is 15.0. The predicted molar refractivity (Wildman–Crippen MR) is 94.6 cm³/mol. The zero-order chi connectivity index (χ0) is 15.4. The van der Waals surface area contributed by atoms with Gasteiger partial charge >= 0.3 is 0 Å². The number of ether oxygens (including phenoxy) is 1. The van der Waals surface area contributed by atoms with E-state index < -0.39 is 0 Å². The van der Waals surface area contributed by atoms with Crippen LogP contribution in [-0.2, 0) is 0 Å². The lowest BCUT2D eigenvalue weighted by atomic mass is 10.1. The summed E-state index contributed by atoms with van der Waals surface area (Å²) in [4.78, 5) is 0. The van der Waals surface area contributed by atoms with E-state index in [0.717, 1.165) is 27.5 Å². The van der Waals surface area contributed by atoms with Gasteiger partial charge in [-0.1, -0.05) is 59.6 Å². The fraction of sp³-hybridized carbons (Fsp3) is 0.0526. The van der Waals surface area contributed by atoms with Crippen LogP contribution in [0.3, 0.4) is 0 Å². The molecular weight excluding hydrogens is 315 g/mol. The zero-order valence-corrected chi connectivity index (χ0v) is 13.3. The molecule has 3 heteroatoms. The van der Waals surface area contributed by atoms with Gasteiger partial charge in [-0.05, 0) is 47.5 Å². The van der Waals surface area contributed by atoms with Crippen molar-refractivity contribution < 1.29 is 4.74 Å². The lowest BCUT2D eigenvalue weighted by Crippen LogP contribution is -2.05. The van der Waals surface area contributed by atoms with E-state index in [0.29, 0.717) is 11.6 Å². The molecule has 3 rings (SSSR count). The molecule has 1 heterocycles. The summed E-state index contributed by atoms with van der Waals surface area (Å²) in [5.74, 6) is 0.873. The van der Waals surface area contributed by atoms with Crippen LogP contribution >= 0.6 is 23.2 Å². The Bertz CT molecular complexity index is 756. The molecule has 0 bridgehead atoms. The highest BCUT2D eigenvalue weighted by Gasteiger charge is 2.09. The minimum absolute atomic E-state index is 0.569. The minimum atomic E-state index is 0.569. The molecule has 0 amide bonds. The van der Waals surface area contributed by atoms with Gasteiger partial charge in [0.1, 0.15) is 12.4 Å². The molecule has 0 fully saturated rings. The molecular formula is C19H14Cl2O. The number of hydrogen-bond acceptors (Lipinski definition) is 1. The van der Waals surface area contributed by atoms with Crippen molar-refractivity contribution in [2.24, 2.45) is 0 Å². The molecule has 0 saturated carbocycles. The van der Waals surface area contributed by atoms with Gasteiger partial charge < -0.3 is 4.74 Å². The van der Waals surface area contributed by atoms with Gasteiger partial charge in [0.25, 0.3) is 0 Å². The summed E-state index contributed by atoms with van der Waals surface area (Å²) in [6, 6.07) is 13.4. The summed E-state index contributed by atoms with van der Waals surface area (Å²) in [6.45, 7) is 0.569. The Kier molecular flexibility index (Phi) is 4.67. The maximum Gasteiger partial charge on any atom is 0.127 e. The van der Waals surface area contributed by atoms with Crippen molar-refractivity contribution in [2.45, 2.75) is 0 Å². The average Bonchev–Trinajstić information content (AvgIpc) is 2.53. The molecule has 0 unspecified atom stereocenters. The van der Waals surface area contributed by atoms with Gasteiger partial charge in [-0.2, -0.15) is 0 Å². The molecule has 2 aromatic rings. The van der Waals surface area contributed by atoms with E-state index in [-0.39, 0.29) is 0 Å². The molecule has 0 aromatic heterocycles. The third-order valence-corrected chi connectivity index (χ3v) is 3.77. The molecule has 22 heavy (non-hydrogen) atoms. The molecule has 0 N–H and O–H groups in total. The van der Waals surface area contributed by atoms with Crippen molar-refractivity contribution in [1.82, 2.24) is 0 Å². The van der Waals surface area contributed by atoms with E-state index in [1.807, 2.05) is 66.8 Å². The van der Waals surface area contributed by atoms with Crippen LogP contribution < -0.4 is 4.74 Å². The van der Waals surface area contributed by atoms with Crippen LogP contribution in [0.1, 0.15) is 11.1 Å². The molecule has 0 spiro atoms. The first-order chi connectivity index (χ1) is 10.7. The number of allylic oxidation sites excluding steroid dienone is 2. The van der Waals surface area contributed by atoms with E-state index in [2.05, 4.69) is 6.08 Å². The average molecular weight is 329 g/mol. The maximum atomic E-state index is 6.01. The zero-order valence-electron chi connectivity index (χ0n) is 11.8. The summed E-state index contributed by atoms with van der Waals surface area (Å²) >= 11 is 11.9. The smallest absolute Gasteiger partial charge is 0.127 e. The Morgan fingerprint density at radius 2 is 1.59 bits per heavy atom. The van der Waals surface area contributed by atoms with Crippen LogP contribution in [0, 0.1) is 0 Å². The highest BCUT2D eigenvalue weighted by molar-refractivity contribution is 6.31. The van der Waals surface area contributed by atoms with Gasteiger partial charge in [-0.15, -0.1) is 0 Å². The van der Waals surface area contributed by atoms with E-state index in [4.69, 9.17) is 27.9 Å². The molecule has 1 aliphatic heterocycles. The van der Waals surface area contributed by atoms with Crippen LogP contribution in [0.15, 0.2) is 66.3 Å². The standard InChI is InChI=1S/C19H14Cl2O/c20-17-7-5-14(6-8-17)3-1-2-4-15-11-16-12-18(21)9-10-19(16)22-13-15/h1-12H,13H2/b3-1+,4-2+. The van der Waals surface area contributed by atoms with E-state index in [9.17, 15) is 0 Å². The van der Waals surface area contributed by atoms with Crippen molar-refractivity contribution in [3.05, 3.63) is 87.4 Å². The predicted octanol–water partition coefficient (Wildman–Crippen LogP) is 6.04. The molecule has 0 radical (unpaired) electrons. The van der Waals surface area contributed by atoms with E-state index in [1.54, 1.807) is 0 Å². The van der Waals surface area contributed by atoms with E-state index >= 15 is 0 Å². The SMILES string of the molecule is Clc1ccc(/C=C/C=C/C2=Cc3cc(Cl)ccc3OC2)cc1. The van der Waals surface area contributed by atoms with Crippen molar-refractivity contribution in [3.8, 4) is 5.75 Å². The van der Waals surface area contributed by atoms with E-state index in [1.165, 1.54) is 0 Å². The number of rotatable bonds is 3. The van der Waals surface area contributed by atoms with Crippen molar-refractivity contribution >= 4 is 35.4 Å². The Labute approximate surface area is 140 Å². The number of hydrogen-bond donors (Lipinski definition) is 0. The van der Waals surface area contributed by atoms with Gasteiger partial charge in [0.15, 0.2) is 0 Å². The van der Waals surface area contributed by atoms with Gasteiger partial charge in [0, 0.05) is 15.6 Å². The van der Waals surface area contributed by atoms with Gasteiger partial charge in [-0.3, -0.25) is 0 Å². The number of benzene rings is 2. The van der Waals surface area contributed by atoms with Gasteiger partial charge in [-0.25, -0.2) is 0 Å². The Morgan fingerprint density at radius 3 is 2.41 bits per heavy atom. The molecule has 0 atom stereocenters. The van der Waals surface area contributed by atoms with Crippen molar-refractivity contribution in [1.29, 1.82) is 0 Å². The third-order valence-electron chi connectivity index (χ3n) is 3.29. The quantitative estimate of drug-likeness (QED) is 0.624. The highest BCUT2D eigenvalue weighted by atomic mass is 35.5. The Balaban J connectivity index is 1.69. The fourth-order valence-corrected chi connectivity index (χ4v) is 2.49. The lowest BCUT2D eigenvalue weighted by Gasteiger charge is -2.16. The molecule has 2 aromatic carbocycles. The van der Waals surface area contributed by atoms with Crippen LogP contribution in [0.5, 0.6) is 5.75 Å². The second-order valence-corrected chi connectivity index (χ2v) is 5.83.